The van der Waals surface area contributed by atoms with Crippen molar-refractivity contribution >= 4 is 11.3 Å². The molecule has 1 saturated carbocycles. The Morgan fingerprint density at radius 2 is 2.50 bits per heavy atom. The Morgan fingerprint density at radius 3 is 2.92 bits per heavy atom. The van der Waals surface area contributed by atoms with Gasteiger partial charge in [-0.05, 0) is 18.8 Å². The topological polar surface area (TPSA) is 50.9 Å². The summed E-state index contributed by atoms with van der Waals surface area (Å²) in [7, 11) is 0. The standard InChI is InChI=1S/C8H13N3S/c9-11-8(6-2-1-3-6)7-4-12-5-10-7/h4-6,8,11H,1-3,9H2. The van der Waals surface area contributed by atoms with Crippen LogP contribution in [0.2, 0.25) is 0 Å². The molecule has 0 bridgehead atoms. The lowest BCUT2D eigenvalue weighted by Gasteiger charge is -2.32. The second kappa shape index (κ2) is 3.51. The van der Waals surface area contributed by atoms with Gasteiger partial charge >= 0.3 is 0 Å². The molecule has 1 aliphatic carbocycles. The molecule has 3 nitrogen and oxygen atoms in total. The zero-order valence-electron chi connectivity index (χ0n) is 6.86. The highest BCUT2D eigenvalue weighted by Gasteiger charge is 2.28. The van der Waals surface area contributed by atoms with Crippen molar-refractivity contribution in [3.8, 4) is 0 Å². The highest BCUT2D eigenvalue weighted by atomic mass is 32.1. The Hall–Kier alpha value is -0.450. The quantitative estimate of drug-likeness (QED) is 0.551. The number of nitrogens with one attached hydrogen (secondary N) is 1. The van der Waals surface area contributed by atoms with Gasteiger partial charge < -0.3 is 0 Å². The minimum Gasteiger partial charge on any atom is -0.271 e. The first-order chi connectivity index (χ1) is 5.92. The lowest BCUT2D eigenvalue weighted by Crippen LogP contribution is -2.36. The molecule has 0 radical (unpaired) electrons. The molecule has 0 amide bonds. The summed E-state index contributed by atoms with van der Waals surface area (Å²) >= 11 is 1.63. The van der Waals surface area contributed by atoms with Crippen molar-refractivity contribution in [3.05, 3.63) is 16.6 Å². The van der Waals surface area contributed by atoms with E-state index >= 15 is 0 Å². The molecule has 1 aromatic rings. The maximum Gasteiger partial charge on any atom is 0.0795 e. The second-order valence-electron chi connectivity index (χ2n) is 3.25. The van der Waals surface area contributed by atoms with Gasteiger partial charge in [0, 0.05) is 5.38 Å². The molecule has 0 spiro atoms. The molecule has 1 aromatic heterocycles. The molecule has 2 rings (SSSR count). The average molecular weight is 183 g/mol. The number of nitrogens with two attached hydrogens (primary N) is 1. The van der Waals surface area contributed by atoms with E-state index in [0.717, 1.165) is 5.69 Å². The third kappa shape index (κ3) is 1.37. The first kappa shape index (κ1) is 8.16. The lowest BCUT2D eigenvalue weighted by molar-refractivity contribution is 0.229. The molecule has 0 aliphatic heterocycles. The van der Waals surface area contributed by atoms with Crippen LogP contribution in [-0.4, -0.2) is 4.98 Å². The molecule has 66 valence electrons. The highest BCUT2D eigenvalue weighted by Crippen LogP contribution is 2.36. The first-order valence-corrected chi connectivity index (χ1v) is 5.20. The number of thiazole rings is 1. The van der Waals surface area contributed by atoms with Gasteiger partial charge in [-0.3, -0.25) is 11.3 Å². The van der Waals surface area contributed by atoms with Crippen molar-refractivity contribution in [3.63, 3.8) is 0 Å². The van der Waals surface area contributed by atoms with Gasteiger partial charge in [-0.2, -0.15) is 0 Å². The molecule has 1 fully saturated rings. The van der Waals surface area contributed by atoms with Crippen molar-refractivity contribution in [1.29, 1.82) is 0 Å². The van der Waals surface area contributed by atoms with Crippen LogP contribution in [0.3, 0.4) is 0 Å². The van der Waals surface area contributed by atoms with Crippen LogP contribution in [-0.2, 0) is 0 Å². The van der Waals surface area contributed by atoms with E-state index in [1.807, 2.05) is 5.51 Å². The average Bonchev–Trinajstić information content (AvgIpc) is 2.47. The third-order valence-corrected chi connectivity index (χ3v) is 3.18. The van der Waals surface area contributed by atoms with Crippen molar-refractivity contribution in [2.45, 2.75) is 25.3 Å². The van der Waals surface area contributed by atoms with Gasteiger partial charge in [0.05, 0.1) is 17.2 Å². The number of hydrazine groups is 1. The Morgan fingerprint density at radius 1 is 1.67 bits per heavy atom. The van der Waals surface area contributed by atoms with Gasteiger partial charge in [-0.15, -0.1) is 11.3 Å². The molecule has 12 heavy (non-hydrogen) atoms. The van der Waals surface area contributed by atoms with E-state index in [2.05, 4.69) is 15.8 Å². The smallest absolute Gasteiger partial charge is 0.0795 e. The summed E-state index contributed by atoms with van der Waals surface area (Å²) < 4.78 is 0. The van der Waals surface area contributed by atoms with Crippen LogP contribution in [0.25, 0.3) is 0 Å². The van der Waals surface area contributed by atoms with Crippen LogP contribution in [0, 0.1) is 5.92 Å². The zero-order valence-corrected chi connectivity index (χ0v) is 7.68. The molecule has 4 heteroatoms. The summed E-state index contributed by atoms with van der Waals surface area (Å²) in [6.45, 7) is 0. The van der Waals surface area contributed by atoms with Crippen molar-refractivity contribution in [1.82, 2.24) is 10.4 Å². The summed E-state index contributed by atoms with van der Waals surface area (Å²) in [6.07, 6.45) is 3.91. The molecule has 0 aromatic carbocycles. The molecule has 0 saturated heterocycles. The molecular weight excluding hydrogens is 170 g/mol. The van der Waals surface area contributed by atoms with Gasteiger partial charge in [0.25, 0.3) is 0 Å². The van der Waals surface area contributed by atoms with Gasteiger partial charge in [0.1, 0.15) is 0 Å². The maximum atomic E-state index is 5.49. The zero-order chi connectivity index (χ0) is 8.39. The molecule has 1 heterocycles. The fourth-order valence-corrected chi connectivity index (χ4v) is 2.20. The number of hydrogen-bond donors (Lipinski definition) is 2. The minimum atomic E-state index is 0.282. The van der Waals surface area contributed by atoms with E-state index in [0.29, 0.717) is 5.92 Å². The molecular formula is C8H13N3S. The predicted molar refractivity (Wildman–Crippen MR) is 49.5 cm³/mol. The van der Waals surface area contributed by atoms with Gasteiger partial charge in [-0.25, -0.2) is 4.98 Å². The van der Waals surface area contributed by atoms with Gasteiger partial charge in [-0.1, -0.05) is 6.42 Å². The van der Waals surface area contributed by atoms with Gasteiger partial charge in [0.15, 0.2) is 0 Å². The van der Waals surface area contributed by atoms with Crippen LogP contribution in [0.1, 0.15) is 31.0 Å². The van der Waals surface area contributed by atoms with E-state index in [-0.39, 0.29) is 6.04 Å². The summed E-state index contributed by atoms with van der Waals surface area (Å²) in [6, 6.07) is 0.282. The van der Waals surface area contributed by atoms with E-state index in [4.69, 9.17) is 5.84 Å². The molecule has 1 aliphatic rings. The van der Waals surface area contributed by atoms with Crippen molar-refractivity contribution in [2.24, 2.45) is 11.8 Å². The molecule has 1 atom stereocenters. The lowest BCUT2D eigenvalue weighted by atomic mass is 9.79. The summed E-state index contributed by atoms with van der Waals surface area (Å²) in [5.74, 6) is 6.19. The number of rotatable bonds is 3. The SMILES string of the molecule is NNC(c1cscn1)C1CCC1. The van der Waals surface area contributed by atoms with Gasteiger partial charge in [0.2, 0.25) is 0 Å². The summed E-state index contributed by atoms with van der Waals surface area (Å²) in [5, 5.41) is 2.07. The molecule has 3 N–H and O–H groups in total. The maximum absolute atomic E-state index is 5.49. The van der Waals surface area contributed by atoms with Crippen LogP contribution < -0.4 is 11.3 Å². The van der Waals surface area contributed by atoms with Crippen LogP contribution in [0.15, 0.2) is 10.9 Å². The number of nitrogens with zero attached hydrogens (tertiary/aromatic N) is 1. The fraction of sp³-hybridized carbons (Fsp3) is 0.625. The highest BCUT2D eigenvalue weighted by molar-refractivity contribution is 7.07. The number of aromatic nitrogens is 1. The second-order valence-corrected chi connectivity index (χ2v) is 3.97. The Labute approximate surface area is 76.0 Å². The molecule has 1 unspecified atom stereocenters. The predicted octanol–water partition coefficient (Wildman–Crippen LogP) is 1.45. The van der Waals surface area contributed by atoms with Crippen molar-refractivity contribution in [2.75, 3.05) is 0 Å². The fourth-order valence-electron chi connectivity index (χ4n) is 1.61. The number of hydrogen-bond acceptors (Lipinski definition) is 4. The third-order valence-electron chi connectivity index (χ3n) is 2.57. The monoisotopic (exact) mass is 183 g/mol. The first-order valence-electron chi connectivity index (χ1n) is 4.26. The normalized spacial score (nSPS) is 20.4. The minimum absolute atomic E-state index is 0.282. The largest absolute Gasteiger partial charge is 0.271 e. The van der Waals surface area contributed by atoms with E-state index in [9.17, 15) is 0 Å². The van der Waals surface area contributed by atoms with E-state index in [1.165, 1.54) is 19.3 Å². The van der Waals surface area contributed by atoms with Crippen LogP contribution in [0.4, 0.5) is 0 Å². The van der Waals surface area contributed by atoms with Crippen LogP contribution >= 0.6 is 11.3 Å². The van der Waals surface area contributed by atoms with Crippen LogP contribution in [0.5, 0.6) is 0 Å². The van der Waals surface area contributed by atoms with E-state index < -0.39 is 0 Å². The van der Waals surface area contributed by atoms with Crippen molar-refractivity contribution < 1.29 is 0 Å². The summed E-state index contributed by atoms with van der Waals surface area (Å²) in [5.41, 5.74) is 5.81. The Kier molecular flexibility index (Phi) is 2.39. The Balaban J connectivity index is 2.07. The Bertz CT molecular complexity index is 230. The van der Waals surface area contributed by atoms with E-state index in [1.54, 1.807) is 11.3 Å². The summed E-state index contributed by atoms with van der Waals surface area (Å²) in [4.78, 5) is 4.27.